The highest BCUT2D eigenvalue weighted by Gasteiger charge is 2.34. The third-order valence-electron chi connectivity index (χ3n) is 9.78. The molecule has 2 amide bonds. The SMILES string of the molecule is CC[C@H]1CC[C@@H](N(Cc2cc(-c3ccc(C(=O)N(C)C)cc3)ccc2OC)C(=O)C2=C(C)c3c(C)ccc(C)c3C2)CC1. The van der Waals surface area contributed by atoms with E-state index in [4.69, 9.17) is 4.74 Å². The average Bonchev–Trinajstić information content (AvgIpc) is 3.39. The van der Waals surface area contributed by atoms with E-state index in [-0.39, 0.29) is 17.9 Å². The number of ether oxygens (including phenoxy) is 1. The van der Waals surface area contributed by atoms with Crippen molar-refractivity contribution < 1.29 is 14.3 Å². The predicted octanol–water partition coefficient (Wildman–Crippen LogP) is 8.01. The molecule has 0 radical (unpaired) electrons. The first-order valence-electron chi connectivity index (χ1n) is 15.7. The molecule has 0 aromatic heterocycles. The lowest BCUT2D eigenvalue weighted by Crippen LogP contribution is -2.42. The molecule has 43 heavy (non-hydrogen) atoms. The van der Waals surface area contributed by atoms with Crippen LogP contribution in [0.1, 0.15) is 84.1 Å². The molecule has 5 heteroatoms. The van der Waals surface area contributed by atoms with E-state index >= 15 is 0 Å². The fraction of sp³-hybridized carbons (Fsp3) is 0.421. The van der Waals surface area contributed by atoms with Crippen molar-refractivity contribution in [2.45, 2.75) is 78.8 Å². The molecular weight excluding hydrogens is 532 g/mol. The molecule has 0 N–H and O–H groups in total. The molecule has 0 bridgehead atoms. The van der Waals surface area contributed by atoms with Crippen molar-refractivity contribution in [2.24, 2.45) is 5.92 Å². The van der Waals surface area contributed by atoms with Crippen molar-refractivity contribution in [1.29, 1.82) is 0 Å². The Morgan fingerprint density at radius 2 is 1.49 bits per heavy atom. The van der Waals surface area contributed by atoms with Crippen LogP contribution in [-0.4, -0.2) is 48.9 Å². The minimum absolute atomic E-state index is 0.0158. The maximum absolute atomic E-state index is 14.6. The third kappa shape index (κ3) is 6.13. The molecule has 3 aromatic rings. The monoisotopic (exact) mass is 578 g/mol. The molecule has 0 aliphatic heterocycles. The summed E-state index contributed by atoms with van der Waals surface area (Å²) in [4.78, 5) is 30.8. The largest absolute Gasteiger partial charge is 0.496 e. The standard InChI is InChI=1S/C38H46N2O3/c1-8-27-11-18-32(19-12-27)40(38(42)34-22-33-24(2)9-10-25(3)36(33)26(34)4)23-31-21-30(17-20-35(31)43-7)28-13-15-29(16-14-28)37(41)39(5)6/h9-10,13-17,20-21,27,32H,8,11-12,18-19,22-23H2,1-7H3/t27-,32+. The summed E-state index contributed by atoms with van der Waals surface area (Å²) in [5, 5.41) is 0. The smallest absolute Gasteiger partial charge is 0.253 e. The zero-order valence-electron chi connectivity index (χ0n) is 26.9. The molecule has 5 rings (SSSR count). The second-order valence-electron chi connectivity index (χ2n) is 12.7. The van der Waals surface area contributed by atoms with Gasteiger partial charge in [-0.05, 0) is 116 Å². The Hall–Kier alpha value is -3.86. The second-order valence-corrected chi connectivity index (χ2v) is 12.7. The van der Waals surface area contributed by atoms with Crippen LogP contribution < -0.4 is 4.74 Å². The Balaban J connectivity index is 1.49. The predicted molar refractivity (Wildman–Crippen MR) is 175 cm³/mol. The van der Waals surface area contributed by atoms with E-state index in [1.807, 2.05) is 30.3 Å². The molecular formula is C38H46N2O3. The van der Waals surface area contributed by atoms with E-state index in [2.05, 4.69) is 56.9 Å². The van der Waals surface area contributed by atoms with Gasteiger partial charge in [-0.15, -0.1) is 0 Å². The van der Waals surface area contributed by atoms with Crippen LogP contribution in [-0.2, 0) is 17.8 Å². The lowest BCUT2D eigenvalue weighted by molar-refractivity contribution is -0.131. The number of carbonyl (C=O) groups excluding carboxylic acids is 2. The van der Waals surface area contributed by atoms with Crippen molar-refractivity contribution in [3.8, 4) is 16.9 Å². The van der Waals surface area contributed by atoms with Crippen molar-refractivity contribution >= 4 is 17.4 Å². The first kappa shape index (κ1) is 30.6. The van der Waals surface area contributed by atoms with Gasteiger partial charge in [-0.3, -0.25) is 9.59 Å². The minimum Gasteiger partial charge on any atom is -0.496 e. The summed E-state index contributed by atoms with van der Waals surface area (Å²) in [7, 11) is 5.22. The van der Waals surface area contributed by atoms with Gasteiger partial charge >= 0.3 is 0 Å². The number of rotatable bonds is 8. The first-order chi connectivity index (χ1) is 20.6. The van der Waals surface area contributed by atoms with E-state index in [1.54, 1.807) is 26.1 Å². The van der Waals surface area contributed by atoms with Crippen LogP contribution in [0.2, 0.25) is 0 Å². The molecule has 1 saturated carbocycles. The van der Waals surface area contributed by atoms with Crippen LogP contribution in [0.5, 0.6) is 5.75 Å². The maximum Gasteiger partial charge on any atom is 0.253 e. The number of fused-ring (bicyclic) bond motifs is 1. The summed E-state index contributed by atoms with van der Waals surface area (Å²) in [5.74, 6) is 1.68. The molecule has 0 unspecified atom stereocenters. The molecule has 2 aliphatic carbocycles. The average molecular weight is 579 g/mol. The Morgan fingerprint density at radius 1 is 0.837 bits per heavy atom. The molecule has 0 spiro atoms. The minimum atomic E-state index is -0.0158. The van der Waals surface area contributed by atoms with Crippen molar-refractivity contribution in [1.82, 2.24) is 9.80 Å². The first-order valence-corrected chi connectivity index (χ1v) is 15.7. The summed E-state index contributed by atoms with van der Waals surface area (Å²) in [5.41, 5.74) is 10.8. The molecule has 3 aromatic carbocycles. The summed E-state index contributed by atoms with van der Waals surface area (Å²) >= 11 is 0. The Kier molecular flexibility index (Phi) is 9.10. The van der Waals surface area contributed by atoms with Gasteiger partial charge in [-0.1, -0.05) is 43.7 Å². The lowest BCUT2D eigenvalue weighted by Gasteiger charge is -2.37. The number of amides is 2. The van der Waals surface area contributed by atoms with Crippen LogP contribution in [0.4, 0.5) is 0 Å². The van der Waals surface area contributed by atoms with Gasteiger partial charge in [0.25, 0.3) is 11.8 Å². The highest BCUT2D eigenvalue weighted by atomic mass is 16.5. The molecule has 2 aliphatic rings. The number of benzene rings is 3. The van der Waals surface area contributed by atoms with Crippen molar-refractivity contribution in [2.75, 3.05) is 21.2 Å². The van der Waals surface area contributed by atoms with Crippen molar-refractivity contribution in [3.63, 3.8) is 0 Å². The number of nitrogens with zero attached hydrogens (tertiary/aromatic N) is 2. The molecule has 0 atom stereocenters. The Morgan fingerprint density at radius 3 is 2.09 bits per heavy atom. The number of methoxy groups -OCH3 is 1. The summed E-state index contributed by atoms with van der Waals surface area (Å²) in [6, 6.07) is 18.5. The van der Waals surface area contributed by atoms with E-state index in [0.29, 0.717) is 18.5 Å². The van der Waals surface area contributed by atoms with Gasteiger partial charge in [0.05, 0.1) is 7.11 Å². The molecule has 1 fully saturated rings. The normalized spacial score (nSPS) is 17.9. The highest BCUT2D eigenvalue weighted by Crippen LogP contribution is 2.40. The van der Waals surface area contributed by atoms with E-state index in [0.717, 1.165) is 65.2 Å². The number of carbonyl (C=O) groups is 2. The van der Waals surface area contributed by atoms with Crippen LogP contribution in [0.25, 0.3) is 16.7 Å². The molecule has 0 saturated heterocycles. The molecule has 0 heterocycles. The lowest BCUT2D eigenvalue weighted by atomic mass is 9.83. The number of hydrogen-bond donors (Lipinski definition) is 0. The van der Waals surface area contributed by atoms with Crippen LogP contribution >= 0.6 is 0 Å². The van der Waals surface area contributed by atoms with Crippen LogP contribution in [0.15, 0.2) is 60.2 Å². The van der Waals surface area contributed by atoms with Gasteiger partial charge in [0.2, 0.25) is 0 Å². The third-order valence-corrected chi connectivity index (χ3v) is 9.78. The Bertz CT molecular complexity index is 1540. The van der Waals surface area contributed by atoms with Gasteiger partial charge in [-0.2, -0.15) is 0 Å². The maximum atomic E-state index is 14.6. The van der Waals surface area contributed by atoms with Gasteiger partial charge in [0.1, 0.15) is 5.75 Å². The topological polar surface area (TPSA) is 49.9 Å². The van der Waals surface area contributed by atoms with E-state index in [9.17, 15) is 9.59 Å². The Labute approximate surface area is 257 Å². The molecule has 5 nitrogen and oxygen atoms in total. The number of hydrogen-bond acceptors (Lipinski definition) is 3. The quantitative estimate of drug-likeness (QED) is 0.272. The summed E-state index contributed by atoms with van der Waals surface area (Å²) in [6.07, 6.45) is 6.29. The van der Waals surface area contributed by atoms with Gasteiger partial charge in [-0.25, -0.2) is 0 Å². The fourth-order valence-electron chi connectivity index (χ4n) is 7.05. The van der Waals surface area contributed by atoms with Crippen molar-refractivity contribution in [3.05, 3.63) is 93.6 Å². The zero-order chi connectivity index (χ0) is 30.8. The van der Waals surface area contributed by atoms with Crippen LogP contribution in [0, 0.1) is 19.8 Å². The van der Waals surface area contributed by atoms with Gasteiger partial charge < -0.3 is 14.5 Å². The summed E-state index contributed by atoms with van der Waals surface area (Å²) in [6.45, 7) is 9.21. The van der Waals surface area contributed by atoms with Gasteiger partial charge in [0, 0.05) is 49.8 Å². The number of aryl methyl sites for hydroxylation is 2. The zero-order valence-corrected chi connectivity index (χ0v) is 26.9. The molecule has 226 valence electrons. The van der Waals surface area contributed by atoms with Gasteiger partial charge in [0.15, 0.2) is 0 Å². The highest BCUT2D eigenvalue weighted by molar-refractivity contribution is 6.04. The number of allylic oxidation sites excluding steroid dienone is 1. The second kappa shape index (κ2) is 12.8. The van der Waals surface area contributed by atoms with E-state index < -0.39 is 0 Å². The summed E-state index contributed by atoms with van der Waals surface area (Å²) < 4.78 is 5.84. The van der Waals surface area contributed by atoms with E-state index in [1.165, 1.54) is 28.7 Å². The van der Waals surface area contributed by atoms with Crippen LogP contribution in [0.3, 0.4) is 0 Å². The fourth-order valence-corrected chi connectivity index (χ4v) is 7.05.